The van der Waals surface area contributed by atoms with E-state index in [1.54, 1.807) is 12.1 Å². The predicted molar refractivity (Wildman–Crippen MR) is 146 cm³/mol. The van der Waals surface area contributed by atoms with Crippen molar-refractivity contribution in [1.82, 2.24) is 0 Å². The van der Waals surface area contributed by atoms with Gasteiger partial charge in [-0.1, -0.05) is 87.4 Å². The number of hydrogen-bond acceptors (Lipinski definition) is 2. The standard InChI is InChI=1S/C32H42O2S/c1-31(2)21-17-25(18-22-31)13-15-27-9-5-7-11-29(27)35(33,34)30-12-8-6-10-28(30)16-14-26-19-23-32(3,4)24-20-26/h5-14H,15-24H2,1-4H3. The summed E-state index contributed by atoms with van der Waals surface area (Å²) in [5.74, 6) is 0. The molecule has 0 aliphatic heterocycles. The summed E-state index contributed by atoms with van der Waals surface area (Å²) < 4.78 is 27.8. The van der Waals surface area contributed by atoms with Crippen LogP contribution in [0.2, 0.25) is 0 Å². The minimum atomic E-state index is -3.60. The number of benzene rings is 2. The van der Waals surface area contributed by atoms with Gasteiger partial charge in [-0.15, -0.1) is 0 Å². The Morgan fingerprint density at radius 3 is 1.34 bits per heavy atom. The molecule has 2 aliphatic carbocycles. The summed E-state index contributed by atoms with van der Waals surface area (Å²) in [5.41, 5.74) is 5.58. The minimum absolute atomic E-state index is 0.422. The third-order valence-corrected chi connectivity index (χ3v) is 10.2. The third-order valence-electron chi connectivity index (χ3n) is 8.24. The molecule has 2 aromatic carbocycles. The minimum Gasteiger partial charge on any atom is -0.218 e. The highest BCUT2D eigenvalue weighted by Gasteiger charge is 2.26. The molecule has 0 spiro atoms. The van der Waals surface area contributed by atoms with E-state index in [1.807, 2.05) is 36.4 Å². The highest BCUT2D eigenvalue weighted by Crippen LogP contribution is 2.39. The first-order chi connectivity index (χ1) is 16.6. The van der Waals surface area contributed by atoms with Gasteiger partial charge in [0, 0.05) is 0 Å². The normalized spacial score (nSPS) is 19.9. The van der Waals surface area contributed by atoms with E-state index in [2.05, 4.69) is 39.8 Å². The van der Waals surface area contributed by atoms with Crippen molar-refractivity contribution >= 4 is 9.84 Å². The number of rotatable bonds is 6. The van der Waals surface area contributed by atoms with Gasteiger partial charge < -0.3 is 0 Å². The molecule has 0 bridgehead atoms. The van der Waals surface area contributed by atoms with Gasteiger partial charge in [0.1, 0.15) is 0 Å². The summed E-state index contributed by atoms with van der Waals surface area (Å²) in [6.07, 6.45) is 15.2. The molecule has 0 radical (unpaired) electrons. The van der Waals surface area contributed by atoms with Crippen LogP contribution in [-0.2, 0) is 22.7 Å². The molecule has 2 saturated carbocycles. The molecule has 2 fully saturated rings. The zero-order chi connectivity index (χ0) is 25.1. The molecule has 4 rings (SSSR count). The largest absolute Gasteiger partial charge is 0.218 e. The van der Waals surface area contributed by atoms with E-state index in [9.17, 15) is 8.42 Å². The van der Waals surface area contributed by atoms with E-state index in [1.165, 1.54) is 36.8 Å². The van der Waals surface area contributed by atoms with Crippen LogP contribution in [0.4, 0.5) is 0 Å². The van der Waals surface area contributed by atoms with Gasteiger partial charge in [0.15, 0.2) is 0 Å². The quantitative estimate of drug-likeness (QED) is 0.380. The highest BCUT2D eigenvalue weighted by molar-refractivity contribution is 7.91. The second-order valence-electron chi connectivity index (χ2n) is 12.2. The maximum absolute atomic E-state index is 13.9. The Hall–Kier alpha value is -2.13. The smallest absolute Gasteiger partial charge is 0.207 e. The maximum atomic E-state index is 13.9. The van der Waals surface area contributed by atoms with Crippen LogP contribution in [0.5, 0.6) is 0 Å². The molecule has 2 aliphatic rings. The van der Waals surface area contributed by atoms with Crippen molar-refractivity contribution in [2.45, 2.75) is 102 Å². The van der Waals surface area contributed by atoms with Gasteiger partial charge in [0.2, 0.25) is 9.84 Å². The lowest BCUT2D eigenvalue weighted by molar-refractivity contribution is 0.278. The van der Waals surface area contributed by atoms with Crippen LogP contribution >= 0.6 is 0 Å². The molecule has 0 heterocycles. The van der Waals surface area contributed by atoms with E-state index < -0.39 is 9.84 Å². The number of allylic oxidation sites excluding steroid dienone is 4. The first kappa shape index (κ1) is 25.9. The topological polar surface area (TPSA) is 34.1 Å². The number of hydrogen-bond donors (Lipinski definition) is 0. The van der Waals surface area contributed by atoms with Crippen LogP contribution in [0.25, 0.3) is 0 Å². The van der Waals surface area contributed by atoms with E-state index in [0.717, 1.165) is 36.8 Å². The van der Waals surface area contributed by atoms with Crippen molar-refractivity contribution in [3.63, 3.8) is 0 Å². The SMILES string of the molecule is CC1(C)CCC(=CCc2ccccc2S(=O)(=O)c2ccccc2CC=C2CCC(C)(C)CC2)CC1. The monoisotopic (exact) mass is 490 g/mol. The molecule has 0 amide bonds. The van der Waals surface area contributed by atoms with Gasteiger partial charge in [-0.25, -0.2) is 8.42 Å². The van der Waals surface area contributed by atoms with Crippen molar-refractivity contribution in [3.05, 3.63) is 83.0 Å². The van der Waals surface area contributed by atoms with Crippen molar-refractivity contribution in [2.24, 2.45) is 10.8 Å². The highest BCUT2D eigenvalue weighted by atomic mass is 32.2. The Balaban J connectivity index is 1.56. The average molecular weight is 491 g/mol. The summed E-state index contributed by atoms with van der Waals surface area (Å²) in [6.45, 7) is 9.37. The molecule has 0 unspecified atom stereocenters. The zero-order valence-corrected chi connectivity index (χ0v) is 22.9. The molecule has 2 aromatic rings. The summed E-state index contributed by atoms with van der Waals surface area (Å²) in [5, 5.41) is 0. The fraction of sp³-hybridized carbons (Fsp3) is 0.500. The van der Waals surface area contributed by atoms with Crippen LogP contribution in [0.1, 0.15) is 90.2 Å². The predicted octanol–water partition coefficient (Wildman–Crippen LogP) is 8.66. The van der Waals surface area contributed by atoms with Gasteiger partial charge in [0.05, 0.1) is 9.79 Å². The second kappa shape index (κ2) is 10.5. The van der Waals surface area contributed by atoms with Crippen LogP contribution in [-0.4, -0.2) is 8.42 Å². The lowest BCUT2D eigenvalue weighted by Gasteiger charge is -2.30. The average Bonchev–Trinajstić information content (AvgIpc) is 2.83. The summed E-state index contributed by atoms with van der Waals surface area (Å²) in [6, 6.07) is 15.1. The van der Waals surface area contributed by atoms with Crippen molar-refractivity contribution in [2.75, 3.05) is 0 Å². The van der Waals surface area contributed by atoms with Crippen LogP contribution in [0.3, 0.4) is 0 Å². The summed E-state index contributed by atoms with van der Waals surface area (Å²) in [4.78, 5) is 0.903. The first-order valence-electron chi connectivity index (χ1n) is 13.3. The molecular weight excluding hydrogens is 448 g/mol. The van der Waals surface area contributed by atoms with Gasteiger partial charge in [-0.2, -0.15) is 0 Å². The van der Waals surface area contributed by atoms with Gasteiger partial charge >= 0.3 is 0 Å². The molecule has 3 heteroatoms. The van der Waals surface area contributed by atoms with Gasteiger partial charge in [0.25, 0.3) is 0 Å². The van der Waals surface area contributed by atoms with Crippen LogP contribution in [0.15, 0.2) is 81.6 Å². The van der Waals surface area contributed by atoms with E-state index in [4.69, 9.17) is 0 Å². The zero-order valence-electron chi connectivity index (χ0n) is 22.1. The van der Waals surface area contributed by atoms with E-state index >= 15 is 0 Å². The molecular formula is C32H42O2S. The molecule has 0 saturated heterocycles. The summed E-state index contributed by atoms with van der Waals surface area (Å²) >= 11 is 0. The molecule has 2 nitrogen and oxygen atoms in total. The van der Waals surface area contributed by atoms with Gasteiger partial charge in [-0.05, 0) is 98.3 Å². The second-order valence-corrected chi connectivity index (χ2v) is 14.1. The number of sulfone groups is 1. The Bertz CT molecular complexity index is 1100. The summed E-state index contributed by atoms with van der Waals surface area (Å²) in [7, 11) is -3.60. The molecule has 0 N–H and O–H groups in total. The molecule has 0 aromatic heterocycles. The van der Waals surface area contributed by atoms with Crippen LogP contribution in [0, 0.1) is 10.8 Å². The van der Waals surface area contributed by atoms with Crippen molar-refractivity contribution < 1.29 is 8.42 Å². The molecule has 0 atom stereocenters. The Morgan fingerprint density at radius 1 is 0.629 bits per heavy atom. The third kappa shape index (κ3) is 6.55. The Labute approximate surface area is 213 Å². The lowest BCUT2D eigenvalue weighted by atomic mass is 9.75. The lowest BCUT2D eigenvalue weighted by Crippen LogP contribution is -2.16. The molecule has 35 heavy (non-hydrogen) atoms. The molecule has 188 valence electrons. The fourth-order valence-corrected chi connectivity index (χ4v) is 7.15. The van der Waals surface area contributed by atoms with E-state index in [0.29, 0.717) is 33.5 Å². The van der Waals surface area contributed by atoms with Crippen molar-refractivity contribution in [1.29, 1.82) is 0 Å². The Morgan fingerprint density at radius 2 is 0.971 bits per heavy atom. The first-order valence-corrected chi connectivity index (χ1v) is 14.8. The Kier molecular flexibility index (Phi) is 7.76. The van der Waals surface area contributed by atoms with Crippen LogP contribution < -0.4 is 0 Å². The fourth-order valence-electron chi connectivity index (χ4n) is 5.40. The van der Waals surface area contributed by atoms with Crippen molar-refractivity contribution in [3.8, 4) is 0 Å². The van der Waals surface area contributed by atoms with E-state index in [-0.39, 0.29) is 0 Å². The van der Waals surface area contributed by atoms with Gasteiger partial charge in [-0.3, -0.25) is 0 Å². The maximum Gasteiger partial charge on any atom is 0.207 e.